The van der Waals surface area contributed by atoms with Gasteiger partial charge in [-0.2, -0.15) is 0 Å². The van der Waals surface area contributed by atoms with Crippen LogP contribution in [-0.2, 0) is 22.6 Å². The lowest BCUT2D eigenvalue weighted by atomic mass is 9.96. The Morgan fingerprint density at radius 3 is 2.81 bits per heavy atom. The third-order valence-corrected chi connectivity index (χ3v) is 5.54. The number of aromatic nitrogens is 1. The van der Waals surface area contributed by atoms with Crippen molar-refractivity contribution in [3.05, 3.63) is 16.1 Å². The second kappa shape index (κ2) is 5.75. The summed E-state index contributed by atoms with van der Waals surface area (Å²) in [4.78, 5) is 32.3. The molecule has 3 rings (SSSR count). The van der Waals surface area contributed by atoms with E-state index in [9.17, 15) is 9.59 Å². The van der Waals surface area contributed by atoms with Crippen LogP contribution in [0.2, 0.25) is 0 Å². The Hall–Kier alpha value is -1.43. The van der Waals surface area contributed by atoms with Gasteiger partial charge in [0.15, 0.2) is 0 Å². The Balaban J connectivity index is 1.80. The quantitative estimate of drug-likeness (QED) is 0.927. The predicted octanol–water partition coefficient (Wildman–Crippen LogP) is 1.87. The van der Waals surface area contributed by atoms with Crippen LogP contribution < -0.4 is 5.32 Å². The third kappa shape index (κ3) is 2.81. The summed E-state index contributed by atoms with van der Waals surface area (Å²) in [5, 5.41) is 3.95. The molecule has 1 saturated carbocycles. The van der Waals surface area contributed by atoms with Crippen molar-refractivity contribution in [1.82, 2.24) is 15.2 Å². The zero-order valence-electron chi connectivity index (χ0n) is 12.4. The minimum Gasteiger partial charge on any atom is -0.342 e. The molecule has 1 aliphatic carbocycles. The number of carbonyl (C=O) groups excluding carboxylic acids is 2. The lowest BCUT2D eigenvalue weighted by molar-refractivity contribution is -0.139. The molecule has 0 radical (unpaired) electrons. The smallest absolute Gasteiger partial charge is 0.248 e. The zero-order valence-corrected chi connectivity index (χ0v) is 13.2. The molecule has 1 saturated heterocycles. The normalized spacial score (nSPS) is 21.7. The van der Waals surface area contributed by atoms with Crippen LogP contribution in [0.25, 0.3) is 0 Å². The van der Waals surface area contributed by atoms with Crippen LogP contribution >= 0.6 is 11.3 Å². The summed E-state index contributed by atoms with van der Waals surface area (Å²) in [6.45, 7) is 3.12. The molecule has 1 aromatic heterocycles. The van der Waals surface area contributed by atoms with Gasteiger partial charge in [-0.15, -0.1) is 11.3 Å². The predicted molar refractivity (Wildman–Crippen MR) is 80.9 cm³/mol. The number of carbonyl (C=O) groups is 2. The lowest BCUT2D eigenvalue weighted by Gasteiger charge is -2.31. The summed E-state index contributed by atoms with van der Waals surface area (Å²) in [6.07, 6.45) is 6.80. The molecule has 0 aromatic carbocycles. The van der Waals surface area contributed by atoms with Crippen LogP contribution in [0.3, 0.4) is 0 Å². The number of rotatable bonds is 3. The SMILES string of the molecule is CCc1cnc(CN2CCC(=O)NC3(CCCC3)C2=O)s1. The van der Waals surface area contributed by atoms with Crippen LogP contribution in [-0.4, -0.2) is 33.8 Å². The first-order valence-electron chi connectivity index (χ1n) is 7.67. The number of hydrogen-bond donors (Lipinski definition) is 1. The molecule has 114 valence electrons. The number of thiazole rings is 1. The van der Waals surface area contributed by atoms with Crippen molar-refractivity contribution in [2.45, 2.75) is 57.5 Å². The Bertz CT molecular complexity index is 549. The lowest BCUT2D eigenvalue weighted by Crippen LogP contribution is -2.55. The summed E-state index contributed by atoms with van der Waals surface area (Å²) in [7, 11) is 0. The summed E-state index contributed by atoms with van der Waals surface area (Å²) < 4.78 is 0. The second-order valence-corrected chi connectivity index (χ2v) is 7.09. The molecule has 0 bridgehead atoms. The number of aryl methyl sites for hydroxylation is 1. The van der Waals surface area contributed by atoms with E-state index in [1.54, 1.807) is 11.3 Å². The summed E-state index contributed by atoms with van der Waals surface area (Å²) in [6, 6.07) is 0. The Kier molecular flexibility index (Phi) is 3.97. The monoisotopic (exact) mass is 307 g/mol. The molecule has 1 spiro atoms. The minimum absolute atomic E-state index is 0.00105. The fraction of sp³-hybridized carbons (Fsp3) is 0.667. The van der Waals surface area contributed by atoms with Gasteiger partial charge in [-0.05, 0) is 19.3 Å². The molecular weight excluding hydrogens is 286 g/mol. The van der Waals surface area contributed by atoms with Gasteiger partial charge in [0.05, 0.1) is 6.54 Å². The van der Waals surface area contributed by atoms with E-state index in [2.05, 4.69) is 17.2 Å². The first kappa shape index (κ1) is 14.5. The molecule has 5 nitrogen and oxygen atoms in total. The average Bonchev–Trinajstić information content (AvgIpc) is 3.09. The van der Waals surface area contributed by atoms with E-state index >= 15 is 0 Å². The fourth-order valence-electron chi connectivity index (χ4n) is 3.24. The third-order valence-electron chi connectivity index (χ3n) is 4.42. The maximum absolute atomic E-state index is 12.9. The maximum Gasteiger partial charge on any atom is 0.248 e. The van der Waals surface area contributed by atoms with Gasteiger partial charge >= 0.3 is 0 Å². The molecule has 2 fully saturated rings. The highest BCUT2D eigenvalue weighted by Gasteiger charge is 2.46. The van der Waals surface area contributed by atoms with Crippen molar-refractivity contribution in [3.8, 4) is 0 Å². The van der Waals surface area contributed by atoms with Crippen LogP contribution in [0.1, 0.15) is 48.9 Å². The van der Waals surface area contributed by atoms with Gasteiger partial charge in [0.25, 0.3) is 0 Å². The van der Waals surface area contributed by atoms with Gasteiger partial charge in [0.2, 0.25) is 11.8 Å². The molecule has 1 aliphatic heterocycles. The van der Waals surface area contributed by atoms with E-state index in [-0.39, 0.29) is 11.8 Å². The van der Waals surface area contributed by atoms with E-state index in [1.807, 2.05) is 11.1 Å². The molecule has 21 heavy (non-hydrogen) atoms. The molecule has 6 heteroatoms. The van der Waals surface area contributed by atoms with Gasteiger partial charge in [-0.3, -0.25) is 9.59 Å². The van der Waals surface area contributed by atoms with E-state index in [0.717, 1.165) is 37.1 Å². The number of nitrogens with zero attached hydrogens (tertiary/aromatic N) is 2. The van der Waals surface area contributed by atoms with E-state index in [1.165, 1.54) is 4.88 Å². The number of hydrogen-bond acceptors (Lipinski definition) is 4. The summed E-state index contributed by atoms with van der Waals surface area (Å²) in [5.41, 5.74) is -0.640. The molecular formula is C15H21N3O2S. The first-order chi connectivity index (χ1) is 10.1. The van der Waals surface area contributed by atoms with Crippen LogP contribution in [0, 0.1) is 0 Å². The van der Waals surface area contributed by atoms with Crippen molar-refractivity contribution in [1.29, 1.82) is 0 Å². The van der Waals surface area contributed by atoms with E-state index in [4.69, 9.17) is 0 Å². The van der Waals surface area contributed by atoms with E-state index < -0.39 is 5.54 Å². The Morgan fingerprint density at radius 2 is 2.14 bits per heavy atom. The minimum atomic E-state index is -0.640. The van der Waals surface area contributed by atoms with Crippen LogP contribution in [0.4, 0.5) is 0 Å². The molecule has 0 unspecified atom stereocenters. The molecule has 2 heterocycles. The molecule has 0 atom stereocenters. The zero-order chi connectivity index (χ0) is 14.9. The fourth-order valence-corrected chi connectivity index (χ4v) is 4.12. The Morgan fingerprint density at radius 1 is 1.38 bits per heavy atom. The van der Waals surface area contributed by atoms with Gasteiger partial charge < -0.3 is 10.2 Å². The van der Waals surface area contributed by atoms with Crippen LogP contribution in [0.5, 0.6) is 0 Å². The number of amides is 2. The standard InChI is InChI=1S/C15H21N3O2S/c1-2-11-9-16-13(21-11)10-18-8-5-12(19)17-15(14(18)20)6-3-4-7-15/h9H,2-8,10H2,1H3,(H,17,19). The van der Waals surface area contributed by atoms with Crippen molar-refractivity contribution in [2.24, 2.45) is 0 Å². The summed E-state index contributed by atoms with van der Waals surface area (Å²) >= 11 is 1.66. The highest BCUT2D eigenvalue weighted by Crippen LogP contribution is 2.33. The van der Waals surface area contributed by atoms with E-state index in [0.29, 0.717) is 19.5 Å². The first-order valence-corrected chi connectivity index (χ1v) is 8.48. The Labute approximate surface area is 128 Å². The largest absolute Gasteiger partial charge is 0.342 e. The van der Waals surface area contributed by atoms with Crippen molar-refractivity contribution in [3.63, 3.8) is 0 Å². The molecule has 2 aliphatic rings. The van der Waals surface area contributed by atoms with Gasteiger partial charge in [0.1, 0.15) is 10.5 Å². The average molecular weight is 307 g/mol. The van der Waals surface area contributed by atoms with Crippen molar-refractivity contribution >= 4 is 23.2 Å². The highest BCUT2D eigenvalue weighted by molar-refractivity contribution is 7.11. The van der Waals surface area contributed by atoms with Gasteiger partial charge in [-0.1, -0.05) is 19.8 Å². The molecule has 1 N–H and O–H groups in total. The van der Waals surface area contributed by atoms with Crippen LogP contribution in [0.15, 0.2) is 6.20 Å². The molecule has 2 amide bonds. The summed E-state index contributed by atoms with van der Waals surface area (Å²) in [5.74, 6) is 0.0836. The van der Waals surface area contributed by atoms with Gasteiger partial charge in [-0.25, -0.2) is 4.98 Å². The highest BCUT2D eigenvalue weighted by atomic mass is 32.1. The second-order valence-electron chi connectivity index (χ2n) is 5.89. The van der Waals surface area contributed by atoms with Crippen molar-refractivity contribution < 1.29 is 9.59 Å². The van der Waals surface area contributed by atoms with Crippen molar-refractivity contribution in [2.75, 3.05) is 6.54 Å². The molecule has 1 aromatic rings. The maximum atomic E-state index is 12.9. The van der Waals surface area contributed by atoms with Gasteiger partial charge in [0, 0.05) is 24.0 Å². The topological polar surface area (TPSA) is 62.3 Å². The number of nitrogens with one attached hydrogen (secondary N) is 1.